The van der Waals surface area contributed by atoms with Crippen LogP contribution in [0.4, 0.5) is 0 Å². The minimum Gasteiger partial charge on any atom is -0.476 e. The van der Waals surface area contributed by atoms with Crippen LogP contribution in [0.5, 0.6) is 0 Å². The zero-order valence-electron chi connectivity index (χ0n) is 7.33. The van der Waals surface area contributed by atoms with Gasteiger partial charge in [-0.15, -0.1) is 0 Å². The smallest absolute Gasteiger partial charge is 0.356 e. The Bertz CT molecular complexity index is 481. The number of aromatic carboxylic acids is 1. The maximum Gasteiger partial charge on any atom is 0.356 e. The first-order chi connectivity index (χ1) is 6.09. The first kappa shape index (κ1) is 7.85. The number of fused-ring (bicyclic) bond motifs is 1. The molecule has 0 saturated carbocycles. The molecule has 0 aliphatic heterocycles. The molecule has 0 saturated heterocycles. The van der Waals surface area contributed by atoms with Crippen LogP contribution in [0, 0.1) is 13.8 Å². The number of hydrogen-bond acceptors (Lipinski definition) is 2. The molecule has 2 rings (SSSR count). The molecular weight excluding hydrogens is 170 g/mol. The SMILES string of the molecule is Cc1cn2c(C)c(C(=O)O)nc2[nH]1. The highest BCUT2D eigenvalue weighted by Gasteiger charge is 2.15. The van der Waals surface area contributed by atoms with E-state index in [4.69, 9.17) is 5.11 Å². The number of aromatic nitrogens is 3. The van der Waals surface area contributed by atoms with Crippen molar-refractivity contribution in [3.05, 3.63) is 23.3 Å². The van der Waals surface area contributed by atoms with Crippen molar-refractivity contribution in [3.8, 4) is 0 Å². The molecule has 0 aliphatic carbocycles. The van der Waals surface area contributed by atoms with E-state index in [2.05, 4.69) is 9.97 Å². The van der Waals surface area contributed by atoms with Crippen LogP contribution < -0.4 is 0 Å². The fourth-order valence-electron chi connectivity index (χ4n) is 1.36. The fourth-order valence-corrected chi connectivity index (χ4v) is 1.36. The molecular formula is C8H9N3O2. The van der Waals surface area contributed by atoms with Gasteiger partial charge >= 0.3 is 5.97 Å². The summed E-state index contributed by atoms with van der Waals surface area (Å²) < 4.78 is 1.73. The largest absolute Gasteiger partial charge is 0.476 e. The van der Waals surface area contributed by atoms with E-state index >= 15 is 0 Å². The molecule has 0 aromatic carbocycles. The summed E-state index contributed by atoms with van der Waals surface area (Å²) in [5.41, 5.74) is 1.71. The van der Waals surface area contributed by atoms with E-state index in [0.717, 1.165) is 5.69 Å². The molecule has 0 atom stereocenters. The lowest BCUT2D eigenvalue weighted by Crippen LogP contribution is -1.99. The topological polar surface area (TPSA) is 70.4 Å². The third-order valence-corrected chi connectivity index (χ3v) is 1.98. The van der Waals surface area contributed by atoms with Crippen LogP contribution in [0.1, 0.15) is 21.9 Å². The number of rotatable bonds is 1. The van der Waals surface area contributed by atoms with E-state index in [9.17, 15) is 4.79 Å². The number of hydrogen-bond donors (Lipinski definition) is 2. The highest BCUT2D eigenvalue weighted by atomic mass is 16.4. The van der Waals surface area contributed by atoms with Crippen molar-refractivity contribution in [2.75, 3.05) is 0 Å². The predicted molar refractivity (Wildman–Crippen MR) is 46.0 cm³/mol. The molecule has 0 aliphatic rings. The lowest BCUT2D eigenvalue weighted by molar-refractivity contribution is 0.0690. The molecule has 2 aromatic heterocycles. The number of imidazole rings is 2. The number of carbonyl (C=O) groups is 1. The Balaban J connectivity index is 2.76. The Morgan fingerprint density at radius 3 is 2.85 bits per heavy atom. The van der Waals surface area contributed by atoms with Crippen molar-refractivity contribution in [2.45, 2.75) is 13.8 Å². The van der Waals surface area contributed by atoms with E-state index < -0.39 is 5.97 Å². The van der Waals surface area contributed by atoms with E-state index in [1.165, 1.54) is 0 Å². The molecule has 0 fully saturated rings. The molecule has 0 unspecified atom stereocenters. The zero-order valence-corrected chi connectivity index (χ0v) is 7.33. The molecule has 13 heavy (non-hydrogen) atoms. The predicted octanol–water partition coefficient (Wildman–Crippen LogP) is 0.977. The summed E-state index contributed by atoms with van der Waals surface area (Å²) in [6.07, 6.45) is 1.82. The Kier molecular flexibility index (Phi) is 1.42. The maximum absolute atomic E-state index is 10.7. The second-order valence-electron chi connectivity index (χ2n) is 2.98. The number of aryl methyl sites for hydroxylation is 2. The molecule has 5 nitrogen and oxygen atoms in total. The van der Waals surface area contributed by atoms with Crippen LogP contribution in [-0.2, 0) is 0 Å². The Hall–Kier alpha value is -1.78. The summed E-state index contributed by atoms with van der Waals surface area (Å²) in [4.78, 5) is 17.6. The minimum atomic E-state index is -0.993. The van der Waals surface area contributed by atoms with Crippen LogP contribution in [0.25, 0.3) is 5.78 Å². The number of carboxylic acid groups (broad SMARTS) is 1. The lowest BCUT2D eigenvalue weighted by atomic mass is 10.3. The molecule has 0 spiro atoms. The zero-order chi connectivity index (χ0) is 9.59. The average Bonchev–Trinajstić information content (AvgIpc) is 2.51. The van der Waals surface area contributed by atoms with Gasteiger partial charge in [-0.2, -0.15) is 0 Å². The van der Waals surface area contributed by atoms with Gasteiger partial charge in [-0.3, -0.25) is 4.40 Å². The monoisotopic (exact) mass is 179 g/mol. The molecule has 2 aromatic rings. The molecule has 2 N–H and O–H groups in total. The van der Waals surface area contributed by atoms with Gasteiger partial charge in [0.1, 0.15) is 0 Å². The Morgan fingerprint density at radius 2 is 2.31 bits per heavy atom. The van der Waals surface area contributed by atoms with E-state index in [1.54, 1.807) is 11.3 Å². The van der Waals surface area contributed by atoms with Crippen LogP contribution in [-0.4, -0.2) is 25.4 Å². The fraction of sp³-hybridized carbons (Fsp3) is 0.250. The summed E-state index contributed by atoms with van der Waals surface area (Å²) in [7, 11) is 0. The Labute approximate surface area is 74.0 Å². The Morgan fingerprint density at radius 1 is 1.62 bits per heavy atom. The van der Waals surface area contributed by atoms with Crippen LogP contribution in [0.15, 0.2) is 6.20 Å². The highest BCUT2D eigenvalue weighted by molar-refractivity contribution is 5.87. The van der Waals surface area contributed by atoms with Gasteiger partial charge in [0.15, 0.2) is 5.69 Å². The molecule has 2 heterocycles. The quantitative estimate of drug-likeness (QED) is 0.685. The maximum atomic E-state index is 10.7. The van der Waals surface area contributed by atoms with Crippen molar-refractivity contribution in [1.82, 2.24) is 14.4 Å². The first-order valence-electron chi connectivity index (χ1n) is 3.87. The van der Waals surface area contributed by atoms with E-state index in [1.807, 2.05) is 13.1 Å². The van der Waals surface area contributed by atoms with Gasteiger partial charge in [0.05, 0.1) is 5.69 Å². The molecule has 0 bridgehead atoms. The van der Waals surface area contributed by atoms with Gasteiger partial charge in [0, 0.05) is 11.9 Å². The summed E-state index contributed by atoms with van der Waals surface area (Å²) in [6, 6.07) is 0. The molecule has 5 heteroatoms. The number of H-pyrrole nitrogens is 1. The number of aromatic amines is 1. The summed E-state index contributed by atoms with van der Waals surface area (Å²) in [6.45, 7) is 3.63. The van der Waals surface area contributed by atoms with E-state index in [-0.39, 0.29) is 5.69 Å². The number of carboxylic acids is 1. The summed E-state index contributed by atoms with van der Waals surface area (Å²) in [5.74, 6) is -0.417. The van der Waals surface area contributed by atoms with Gasteiger partial charge in [0.25, 0.3) is 0 Å². The van der Waals surface area contributed by atoms with Gasteiger partial charge in [-0.25, -0.2) is 9.78 Å². The summed E-state index contributed by atoms with van der Waals surface area (Å²) >= 11 is 0. The molecule has 0 radical (unpaired) electrons. The van der Waals surface area contributed by atoms with Gasteiger partial charge < -0.3 is 10.1 Å². The first-order valence-corrected chi connectivity index (χ1v) is 3.87. The van der Waals surface area contributed by atoms with E-state index in [0.29, 0.717) is 11.5 Å². The van der Waals surface area contributed by atoms with Gasteiger partial charge in [-0.1, -0.05) is 0 Å². The third kappa shape index (κ3) is 1.00. The molecule has 68 valence electrons. The number of nitrogens with one attached hydrogen (secondary N) is 1. The second-order valence-corrected chi connectivity index (χ2v) is 2.98. The highest BCUT2D eigenvalue weighted by Crippen LogP contribution is 2.11. The lowest BCUT2D eigenvalue weighted by Gasteiger charge is -1.89. The number of nitrogens with zero attached hydrogens (tertiary/aromatic N) is 2. The average molecular weight is 179 g/mol. The second kappa shape index (κ2) is 2.35. The van der Waals surface area contributed by atoms with Crippen molar-refractivity contribution in [1.29, 1.82) is 0 Å². The normalized spacial score (nSPS) is 10.9. The minimum absolute atomic E-state index is 0.103. The van der Waals surface area contributed by atoms with Crippen LogP contribution in [0.2, 0.25) is 0 Å². The van der Waals surface area contributed by atoms with Gasteiger partial charge in [-0.05, 0) is 13.8 Å². The van der Waals surface area contributed by atoms with Crippen molar-refractivity contribution >= 4 is 11.7 Å². The van der Waals surface area contributed by atoms with Crippen molar-refractivity contribution in [2.24, 2.45) is 0 Å². The van der Waals surface area contributed by atoms with Crippen molar-refractivity contribution < 1.29 is 9.90 Å². The molecule has 0 amide bonds. The third-order valence-electron chi connectivity index (χ3n) is 1.98. The van der Waals surface area contributed by atoms with Crippen LogP contribution >= 0.6 is 0 Å². The summed E-state index contributed by atoms with van der Waals surface area (Å²) in [5, 5.41) is 8.76. The van der Waals surface area contributed by atoms with Crippen LogP contribution in [0.3, 0.4) is 0 Å². The van der Waals surface area contributed by atoms with Crippen molar-refractivity contribution in [3.63, 3.8) is 0 Å². The van der Waals surface area contributed by atoms with Gasteiger partial charge in [0.2, 0.25) is 5.78 Å². The standard InChI is InChI=1S/C8H9N3O2/c1-4-3-11-5(2)6(7(12)13)10-8(11)9-4/h3H,1-2H3,(H,9,10)(H,12,13).